The molecule has 0 bridgehead atoms. The Morgan fingerprint density at radius 3 is 3.00 bits per heavy atom. The molecule has 1 aliphatic rings. The van der Waals surface area contributed by atoms with E-state index in [1.807, 2.05) is 41.0 Å². The van der Waals surface area contributed by atoms with Gasteiger partial charge in [-0.3, -0.25) is 14.4 Å². The first-order valence-electron chi connectivity index (χ1n) is 8.35. The smallest absolute Gasteiger partial charge is 0.238 e. The molecule has 1 amide bonds. The number of rotatable bonds is 7. The summed E-state index contributed by atoms with van der Waals surface area (Å²) in [7, 11) is 1.94. The first-order chi connectivity index (χ1) is 11.7. The number of carbonyl (C=O) groups is 1. The zero-order chi connectivity index (χ0) is 16.8. The molecule has 1 aliphatic heterocycles. The maximum absolute atomic E-state index is 12.2. The Morgan fingerprint density at radius 2 is 2.25 bits per heavy atom. The molecular formula is C18H24N4O2. The Labute approximate surface area is 142 Å². The van der Waals surface area contributed by atoms with E-state index < -0.39 is 0 Å². The Kier molecular flexibility index (Phi) is 5.61. The van der Waals surface area contributed by atoms with Crippen LogP contribution in [0.15, 0.2) is 42.7 Å². The highest BCUT2D eigenvalue weighted by Gasteiger charge is 2.16. The van der Waals surface area contributed by atoms with Gasteiger partial charge in [0.15, 0.2) is 0 Å². The van der Waals surface area contributed by atoms with E-state index in [0.717, 1.165) is 38.2 Å². The van der Waals surface area contributed by atoms with E-state index >= 15 is 0 Å². The molecule has 1 saturated heterocycles. The average molecular weight is 328 g/mol. The second-order valence-corrected chi connectivity index (χ2v) is 6.29. The van der Waals surface area contributed by atoms with Gasteiger partial charge in [0, 0.05) is 19.3 Å². The van der Waals surface area contributed by atoms with E-state index in [1.54, 1.807) is 6.20 Å². The van der Waals surface area contributed by atoms with Crippen molar-refractivity contribution in [2.45, 2.75) is 32.0 Å². The van der Waals surface area contributed by atoms with Gasteiger partial charge in [-0.25, -0.2) is 0 Å². The van der Waals surface area contributed by atoms with Crippen LogP contribution in [-0.2, 0) is 22.6 Å². The van der Waals surface area contributed by atoms with Crippen LogP contribution in [0.5, 0.6) is 0 Å². The van der Waals surface area contributed by atoms with Gasteiger partial charge in [0.1, 0.15) is 0 Å². The largest absolute Gasteiger partial charge is 0.376 e. The Balaban J connectivity index is 1.45. The molecule has 1 fully saturated rings. The van der Waals surface area contributed by atoms with Crippen molar-refractivity contribution in [3.05, 3.63) is 48.3 Å². The van der Waals surface area contributed by atoms with Crippen LogP contribution in [0, 0.1) is 0 Å². The zero-order valence-corrected chi connectivity index (χ0v) is 14.0. The number of hydrogen-bond acceptors (Lipinski definition) is 4. The first kappa shape index (κ1) is 16.7. The number of nitrogens with one attached hydrogen (secondary N) is 1. The van der Waals surface area contributed by atoms with Crippen molar-refractivity contribution in [1.82, 2.24) is 14.7 Å². The van der Waals surface area contributed by atoms with Crippen molar-refractivity contribution < 1.29 is 9.53 Å². The van der Waals surface area contributed by atoms with Crippen LogP contribution in [0.2, 0.25) is 0 Å². The number of nitrogens with zero attached hydrogens (tertiary/aromatic N) is 3. The molecule has 6 heteroatoms. The lowest BCUT2D eigenvalue weighted by Gasteiger charge is -2.15. The average Bonchev–Trinajstić information content (AvgIpc) is 3.20. The number of amides is 1. The number of likely N-dealkylation sites (N-methyl/N-ethyl adjacent to an activating group) is 1. The van der Waals surface area contributed by atoms with Crippen molar-refractivity contribution in [3.63, 3.8) is 0 Å². The van der Waals surface area contributed by atoms with Crippen LogP contribution in [0.25, 0.3) is 0 Å². The van der Waals surface area contributed by atoms with Crippen LogP contribution < -0.4 is 5.32 Å². The molecule has 0 saturated carbocycles. The van der Waals surface area contributed by atoms with Gasteiger partial charge in [-0.2, -0.15) is 5.10 Å². The Hall–Kier alpha value is -2.18. The van der Waals surface area contributed by atoms with Crippen molar-refractivity contribution in [2.75, 3.05) is 25.5 Å². The second kappa shape index (κ2) is 8.08. The van der Waals surface area contributed by atoms with Crippen LogP contribution >= 0.6 is 0 Å². The fraction of sp³-hybridized carbons (Fsp3) is 0.444. The maximum Gasteiger partial charge on any atom is 0.238 e. The van der Waals surface area contributed by atoms with E-state index in [9.17, 15) is 4.79 Å². The number of benzene rings is 1. The molecule has 0 radical (unpaired) electrons. The fourth-order valence-corrected chi connectivity index (χ4v) is 2.92. The molecule has 0 aliphatic carbocycles. The molecule has 0 spiro atoms. The summed E-state index contributed by atoms with van der Waals surface area (Å²) >= 11 is 0. The van der Waals surface area contributed by atoms with Gasteiger partial charge in [0.25, 0.3) is 0 Å². The van der Waals surface area contributed by atoms with Crippen LogP contribution in [-0.4, -0.2) is 46.9 Å². The normalized spacial score (nSPS) is 17.3. The summed E-state index contributed by atoms with van der Waals surface area (Å²) in [5, 5.41) is 7.19. The van der Waals surface area contributed by atoms with Crippen LogP contribution in [0.4, 0.5) is 5.69 Å². The summed E-state index contributed by atoms with van der Waals surface area (Å²) in [5.74, 6) is -0.0369. The number of carbonyl (C=O) groups excluding carboxylic acids is 1. The van der Waals surface area contributed by atoms with E-state index in [0.29, 0.717) is 6.54 Å². The number of ether oxygens (including phenoxy) is 1. The van der Waals surface area contributed by atoms with Crippen LogP contribution in [0.1, 0.15) is 18.4 Å². The van der Waals surface area contributed by atoms with E-state index in [4.69, 9.17) is 4.74 Å². The SMILES string of the molecule is CN(CC(=O)Nc1cnn(CC2CCCO2)c1)Cc1ccccc1. The lowest BCUT2D eigenvalue weighted by Crippen LogP contribution is -2.29. The number of aromatic nitrogens is 2. The molecule has 3 rings (SSSR count). The number of anilines is 1. The summed E-state index contributed by atoms with van der Waals surface area (Å²) < 4.78 is 7.43. The lowest BCUT2D eigenvalue weighted by atomic mass is 10.2. The van der Waals surface area contributed by atoms with Crippen LogP contribution in [0.3, 0.4) is 0 Å². The third kappa shape index (κ3) is 4.91. The maximum atomic E-state index is 12.2. The van der Waals surface area contributed by atoms with Crippen molar-refractivity contribution in [1.29, 1.82) is 0 Å². The first-order valence-corrected chi connectivity index (χ1v) is 8.35. The highest BCUT2D eigenvalue weighted by Crippen LogP contribution is 2.15. The minimum atomic E-state index is -0.0369. The predicted molar refractivity (Wildman–Crippen MR) is 92.6 cm³/mol. The molecule has 6 nitrogen and oxygen atoms in total. The third-order valence-electron chi connectivity index (χ3n) is 4.04. The fourth-order valence-electron chi connectivity index (χ4n) is 2.92. The van der Waals surface area contributed by atoms with Gasteiger partial charge < -0.3 is 10.1 Å². The van der Waals surface area contributed by atoms with Gasteiger partial charge in [0.05, 0.1) is 31.1 Å². The molecule has 1 N–H and O–H groups in total. The summed E-state index contributed by atoms with van der Waals surface area (Å²) in [6, 6.07) is 10.1. The van der Waals surface area contributed by atoms with E-state index in [-0.39, 0.29) is 12.0 Å². The van der Waals surface area contributed by atoms with Crippen molar-refractivity contribution >= 4 is 11.6 Å². The molecule has 1 aromatic heterocycles. The summed E-state index contributed by atoms with van der Waals surface area (Å²) in [4.78, 5) is 14.1. The molecule has 2 heterocycles. The molecule has 1 aromatic carbocycles. The molecular weight excluding hydrogens is 304 g/mol. The summed E-state index contributed by atoms with van der Waals surface area (Å²) in [6.07, 6.45) is 5.97. The van der Waals surface area contributed by atoms with Gasteiger partial charge in [0.2, 0.25) is 5.91 Å². The molecule has 1 unspecified atom stereocenters. The van der Waals surface area contributed by atoms with Gasteiger partial charge in [-0.1, -0.05) is 30.3 Å². The Bertz CT molecular complexity index is 650. The standard InChI is InChI=1S/C18H24N4O2/c1-21(11-15-6-3-2-4-7-15)14-18(23)20-16-10-19-22(12-16)13-17-8-5-9-24-17/h2-4,6-7,10,12,17H,5,8-9,11,13-14H2,1H3,(H,20,23). The Morgan fingerprint density at radius 1 is 1.42 bits per heavy atom. The molecule has 128 valence electrons. The van der Waals surface area contributed by atoms with E-state index in [2.05, 4.69) is 22.5 Å². The summed E-state index contributed by atoms with van der Waals surface area (Å²) in [5.41, 5.74) is 1.92. The topological polar surface area (TPSA) is 59.4 Å². The monoisotopic (exact) mass is 328 g/mol. The molecule has 2 aromatic rings. The highest BCUT2D eigenvalue weighted by atomic mass is 16.5. The van der Waals surface area contributed by atoms with Gasteiger partial charge >= 0.3 is 0 Å². The predicted octanol–water partition coefficient (Wildman–Crippen LogP) is 2.13. The molecule has 1 atom stereocenters. The number of hydrogen-bond donors (Lipinski definition) is 1. The second-order valence-electron chi connectivity index (χ2n) is 6.29. The minimum Gasteiger partial charge on any atom is -0.376 e. The van der Waals surface area contributed by atoms with Crippen molar-refractivity contribution in [3.8, 4) is 0 Å². The van der Waals surface area contributed by atoms with Crippen molar-refractivity contribution in [2.24, 2.45) is 0 Å². The lowest BCUT2D eigenvalue weighted by molar-refractivity contribution is -0.117. The highest BCUT2D eigenvalue weighted by molar-refractivity contribution is 5.91. The minimum absolute atomic E-state index is 0.0369. The quantitative estimate of drug-likeness (QED) is 0.846. The third-order valence-corrected chi connectivity index (χ3v) is 4.04. The van der Waals surface area contributed by atoms with Gasteiger partial charge in [-0.05, 0) is 25.5 Å². The van der Waals surface area contributed by atoms with E-state index in [1.165, 1.54) is 5.56 Å². The molecule has 24 heavy (non-hydrogen) atoms. The zero-order valence-electron chi connectivity index (χ0n) is 14.0. The summed E-state index contributed by atoms with van der Waals surface area (Å²) in [6.45, 7) is 2.66. The van der Waals surface area contributed by atoms with Gasteiger partial charge in [-0.15, -0.1) is 0 Å².